The number of carbonyl (C=O) groups excluding carboxylic acids is 4. The number of anilines is 2. The summed E-state index contributed by atoms with van der Waals surface area (Å²) in [5.41, 5.74) is -9.49. The van der Waals surface area contributed by atoms with E-state index in [1.807, 2.05) is 0 Å². The molecule has 58 heavy (non-hydrogen) atoms. The van der Waals surface area contributed by atoms with Crippen LogP contribution in [0.5, 0.6) is 11.5 Å². The normalized spacial score (nSPS) is 25.2. The number of allylic oxidation sites excluding steroid dienone is 2. The molecule has 3 aromatic carbocycles. The minimum absolute atomic E-state index is 0.00310. The second-order valence-electron chi connectivity index (χ2n) is 14.2. The molecule has 0 radical (unpaired) electrons. The van der Waals surface area contributed by atoms with Gasteiger partial charge in [0.1, 0.15) is 0 Å². The fraction of sp³-hybridized carbons (Fsp3) is 0.368. The maximum absolute atomic E-state index is 14.3. The van der Waals surface area contributed by atoms with E-state index in [1.54, 1.807) is 6.92 Å². The Bertz CT molecular complexity index is 2210. The lowest BCUT2D eigenvalue weighted by molar-refractivity contribution is -0.144. The number of nitrogens with zero attached hydrogens (tertiary/aromatic N) is 2. The highest BCUT2D eigenvalue weighted by Crippen LogP contribution is 2.60. The molecular weight excluding hydrogens is 808 g/mol. The molecule has 3 fully saturated rings. The molecule has 1 N–H and O–H groups in total. The number of carbonyl (C=O) groups is 4. The minimum atomic E-state index is -5.38. The van der Waals surface area contributed by atoms with Crippen molar-refractivity contribution in [2.24, 2.45) is 29.6 Å². The van der Waals surface area contributed by atoms with Gasteiger partial charge in [0.25, 0.3) is 0 Å². The van der Waals surface area contributed by atoms with Crippen LogP contribution >= 0.6 is 0 Å². The Morgan fingerprint density at radius 2 is 1.07 bits per heavy atom. The van der Waals surface area contributed by atoms with Crippen molar-refractivity contribution in [3.63, 3.8) is 0 Å². The molecule has 1 saturated carbocycles. The SMILES string of the molecule is CCOc1cccc([C@H]2C3=CC[C@@H]4C(=O)N(c5cc(C(F)(F)F)cc(C(F)(F)F)c5)C(=O)[C@@H]4[C@@H]3C[C@H]3C(=O)N(c4cc(C(F)(F)F)cc(C(F)(F)F)c4)C(=O)[C@@H]23)c1O. The first kappa shape index (κ1) is 40.6. The molecule has 2 saturated heterocycles. The number of imide groups is 2. The number of amides is 4. The van der Waals surface area contributed by atoms with Crippen molar-refractivity contribution in [3.05, 3.63) is 94.1 Å². The van der Waals surface area contributed by atoms with Gasteiger partial charge >= 0.3 is 24.7 Å². The molecule has 3 aromatic rings. The Kier molecular flexibility index (Phi) is 9.46. The zero-order chi connectivity index (χ0) is 42.6. The van der Waals surface area contributed by atoms with E-state index >= 15 is 0 Å². The number of alkyl halides is 12. The molecule has 7 rings (SSSR count). The number of benzene rings is 3. The number of hydrogen-bond acceptors (Lipinski definition) is 6. The van der Waals surface area contributed by atoms with Crippen LogP contribution in [0.4, 0.5) is 64.1 Å². The highest BCUT2D eigenvalue weighted by Gasteiger charge is 2.63. The van der Waals surface area contributed by atoms with Crippen LogP contribution in [-0.4, -0.2) is 35.3 Å². The molecule has 2 aliphatic carbocycles. The third-order valence-electron chi connectivity index (χ3n) is 11.0. The molecule has 6 atom stereocenters. The van der Waals surface area contributed by atoms with Gasteiger partial charge in [-0.2, -0.15) is 52.7 Å². The standard InChI is InChI=1S/C38H26F12N2O6/c1-2-58-26-5-3-4-22(30(26)53)27-21-6-7-23-28(33(56)51(31(23)54)19-10-15(35(39,40)41)8-16(11-19)36(42,43)44)24(21)14-25-29(27)34(57)52(32(25)55)20-12-17(37(45,46)47)9-18(13-20)38(48,49)50/h3-6,8-13,23-25,27-29,53H,2,7,14H2,1H3/t23-,24+,25+,27+,28-,29+/m0/s1. The summed E-state index contributed by atoms with van der Waals surface area (Å²) in [6.45, 7) is 1.56. The van der Waals surface area contributed by atoms with E-state index in [9.17, 15) is 77.0 Å². The summed E-state index contributed by atoms with van der Waals surface area (Å²) in [6.07, 6.45) is -21.0. The lowest BCUT2D eigenvalue weighted by Crippen LogP contribution is -2.43. The van der Waals surface area contributed by atoms with Crippen LogP contribution in [0.25, 0.3) is 0 Å². The van der Waals surface area contributed by atoms with Crippen molar-refractivity contribution >= 4 is 35.0 Å². The number of phenols is 1. The van der Waals surface area contributed by atoms with E-state index in [4.69, 9.17) is 4.74 Å². The molecular formula is C38H26F12N2O6. The molecule has 4 aliphatic rings. The molecule has 0 unspecified atom stereocenters. The monoisotopic (exact) mass is 834 g/mol. The van der Waals surface area contributed by atoms with Crippen LogP contribution in [-0.2, 0) is 43.9 Å². The molecule has 20 heteroatoms. The predicted octanol–water partition coefficient (Wildman–Crippen LogP) is 8.91. The molecule has 0 aromatic heterocycles. The summed E-state index contributed by atoms with van der Waals surface area (Å²) in [4.78, 5) is 57.0. The highest BCUT2D eigenvalue weighted by molar-refractivity contribution is 6.24. The smallest absolute Gasteiger partial charge is 0.416 e. The van der Waals surface area contributed by atoms with Gasteiger partial charge < -0.3 is 9.84 Å². The third-order valence-corrected chi connectivity index (χ3v) is 11.0. The quantitative estimate of drug-likeness (QED) is 0.157. The summed E-state index contributed by atoms with van der Waals surface area (Å²) >= 11 is 0. The van der Waals surface area contributed by atoms with Crippen molar-refractivity contribution < 1.29 is 81.7 Å². The number of halogens is 12. The van der Waals surface area contributed by atoms with Gasteiger partial charge in [-0.3, -0.25) is 19.2 Å². The number of hydrogen-bond donors (Lipinski definition) is 1. The highest BCUT2D eigenvalue weighted by atomic mass is 19.4. The van der Waals surface area contributed by atoms with Gasteiger partial charge in [0.2, 0.25) is 23.6 Å². The van der Waals surface area contributed by atoms with Gasteiger partial charge in [-0.15, -0.1) is 0 Å². The van der Waals surface area contributed by atoms with Crippen LogP contribution in [0, 0.1) is 29.6 Å². The average Bonchev–Trinajstić information content (AvgIpc) is 3.53. The first-order valence-electron chi connectivity index (χ1n) is 17.3. The number of fused-ring (bicyclic) bond motifs is 4. The van der Waals surface area contributed by atoms with Crippen molar-refractivity contribution in [3.8, 4) is 11.5 Å². The summed E-state index contributed by atoms with van der Waals surface area (Å²) in [7, 11) is 0. The molecule has 2 aliphatic heterocycles. The van der Waals surface area contributed by atoms with E-state index in [1.165, 1.54) is 24.3 Å². The predicted molar refractivity (Wildman–Crippen MR) is 175 cm³/mol. The Balaban J connectivity index is 1.37. The maximum Gasteiger partial charge on any atom is 0.416 e. The Labute approximate surface area is 318 Å². The van der Waals surface area contributed by atoms with Gasteiger partial charge in [0.15, 0.2) is 11.5 Å². The van der Waals surface area contributed by atoms with Gasteiger partial charge in [0.05, 0.1) is 63.9 Å². The Morgan fingerprint density at radius 3 is 1.52 bits per heavy atom. The van der Waals surface area contributed by atoms with Gasteiger partial charge in [-0.25, -0.2) is 9.80 Å². The second kappa shape index (κ2) is 13.5. The van der Waals surface area contributed by atoms with E-state index < -0.39 is 130 Å². The maximum atomic E-state index is 14.3. The lowest BCUT2D eigenvalue weighted by Gasteiger charge is -2.44. The summed E-state index contributed by atoms with van der Waals surface area (Å²) in [5, 5.41) is 11.4. The summed E-state index contributed by atoms with van der Waals surface area (Å²) in [5.74, 6) is -14.8. The molecule has 0 bridgehead atoms. The van der Waals surface area contributed by atoms with Crippen molar-refractivity contribution in [2.45, 2.75) is 50.4 Å². The van der Waals surface area contributed by atoms with Crippen LogP contribution in [0.1, 0.15) is 53.5 Å². The largest absolute Gasteiger partial charge is 0.504 e. The fourth-order valence-electron chi connectivity index (χ4n) is 8.64. The van der Waals surface area contributed by atoms with Crippen LogP contribution in [0.2, 0.25) is 0 Å². The topological polar surface area (TPSA) is 104 Å². The minimum Gasteiger partial charge on any atom is -0.504 e. The zero-order valence-corrected chi connectivity index (χ0v) is 29.3. The Morgan fingerprint density at radius 1 is 0.621 bits per heavy atom. The lowest BCUT2D eigenvalue weighted by atomic mass is 9.57. The third kappa shape index (κ3) is 6.62. The number of phenolic OH excluding ortho intramolecular Hbond substituents is 1. The average molecular weight is 835 g/mol. The van der Waals surface area contributed by atoms with Crippen molar-refractivity contribution in [1.29, 1.82) is 0 Å². The molecule has 4 amide bonds. The van der Waals surface area contributed by atoms with E-state index in [0.29, 0.717) is 0 Å². The molecule has 308 valence electrons. The van der Waals surface area contributed by atoms with Crippen LogP contribution in [0.15, 0.2) is 66.2 Å². The first-order valence-corrected chi connectivity index (χ1v) is 17.3. The molecule has 2 heterocycles. The molecule has 8 nitrogen and oxygen atoms in total. The fourth-order valence-corrected chi connectivity index (χ4v) is 8.64. The zero-order valence-electron chi connectivity index (χ0n) is 29.3. The summed E-state index contributed by atoms with van der Waals surface area (Å²) < 4.78 is 171. The number of rotatable bonds is 5. The van der Waals surface area contributed by atoms with Gasteiger partial charge in [-0.1, -0.05) is 23.8 Å². The van der Waals surface area contributed by atoms with E-state index in [-0.39, 0.29) is 76.1 Å². The second-order valence-corrected chi connectivity index (χ2v) is 14.2. The van der Waals surface area contributed by atoms with Crippen molar-refractivity contribution in [1.82, 2.24) is 0 Å². The Hall–Kier alpha value is -5.56. The molecule has 0 spiro atoms. The van der Waals surface area contributed by atoms with Crippen molar-refractivity contribution in [2.75, 3.05) is 16.4 Å². The number of para-hydroxylation sites is 1. The van der Waals surface area contributed by atoms with Crippen LogP contribution in [0.3, 0.4) is 0 Å². The van der Waals surface area contributed by atoms with Crippen LogP contribution < -0.4 is 14.5 Å². The van der Waals surface area contributed by atoms with Gasteiger partial charge in [-0.05, 0) is 68.1 Å². The summed E-state index contributed by atoms with van der Waals surface area (Å²) in [6, 6.07) is 4.29. The number of aromatic hydroxyl groups is 1. The van der Waals surface area contributed by atoms with E-state index in [0.717, 1.165) is 0 Å². The number of ether oxygens (including phenoxy) is 1. The van der Waals surface area contributed by atoms with Gasteiger partial charge in [0, 0.05) is 11.5 Å². The first-order chi connectivity index (χ1) is 26.8. The van der Waals surface area contributed by atoms with E-state index in [2.05, 4.69) is 0 Å².